The Morgan fingerprint density at radius 3 is 2.54 bits per heavy atom. The first-order valence-corrected chi connectivity index (χ1v) is 8.36. The predicted molar refractivity (Wildman–Crippen MR) is 92.0 cm³/mol. The Balaban J connectivity index is 1.81. The molecular formula is C18H19N5O3. The number of Topliss-reactive ketones (excluding diaryl/α,β-unsaturated/α-hetero) is 1. The molecule has 2 heterocycles. The molecule has 2 N–H and O–H groups in total. The number of carbonyl (C=O) groups is 1. The maximum Gasteiger partial charge on any atom is 0.205 e. The van der Waals surface area contributed by atoms with Crippen LogP contribution in [0.4, 0.5) is 0 Å². The first kappa shape index (κ1) is 17.9. The highest BCUT2D eigenvalue weighted by Crippen LogP contribution is 2.30. The number of nitriles is 1. The summed E-state index contributed by atoms with van der Waals surface area (Å²) in [7, 11) is 0. The van der Waals surface area contributed by atoms with E-state index in [4.69, 9.17) is 10.00 Å². The summed E-state index contributed by atoms with van der Waals surface area (Å²) < 4.78 is 6.05. The van der Waals surface area contributed by atoms with Crippen LogP contribution in [0.25, 0.3) is 11.4 Å². The number of aliphatic hydroxyl groups excluding tert-OH is 1. The second-order valence-electron chi connectivity index (χ2n) is 6.07. The van der Waals surface area contributed by atoms with Crippen LogP contribution in [-0.4, -0.2) is 50.6 Å². The van der Waals surface area contributed by atoms with Gasteiger partial charge in [0, 0.05) is 18.4 Å². The zero-order valence-corrected chi connectivity index (χ0v) is 14.1. The fourth-order valence-corrected chi connectivity index (χ4v) is 3.00. The van der Waals surface area contributed by atoms with E-state index in [-0.39, 0.29) is 6.42 Å². The zero-order valence-electron chi connectivity index (χ0n) is 14.1. The summed E-state index contributed by atoms with van der Waals surface area (Å²) in [5, 5.41) is 22.0. The van der Waals surface area contributed by atoms with Crippen LogP contribution in [-0.2, 0) is 4.79 Å². The minimum absolute atomic E-state index is 0.240. The van der Waals surface area contributed by atoms with Crippen molar-refractivity contribution in [2.24, 2.45) is 0 Å². The molecule has 134 valence electrons. The highest BCUT2D eigenvalue weighted by molar-refractivity contribution is 5.91. The summed E-state index contributed by atoms with van der Waals surface area (Å²) >= 11 is 0. The van der Waals surface area contributed by atoms with Crippen LogP contribution in [0, 0.1) is 11.3 Å². The van der Waals surface area contributed by atoms with Gasteiger partial charge in [0.1, 0.15) is 24.5 Å². The van der Waals surface area contributed by atoms with Gasteiger partial charge in [0.2, 0.25) is 5.78 Å². The Morgan fingerprint density at radius 1 is 1.27 bits per heavy atom. The molecule has 1 atom stereocenters. The van der Waals surface area contributed by atoms with Crippen molar-refractivity contribution in [3.63, 3.8) is 0 Å². The fourth-order valence-electron chi connectivity index (χ4n) is 3.00. The molecule has 0 aliphatic carbocycles. The lowest BCUT2D eigenvalue weighted by atomic mass is 9.84. The first-order valence-electron chi connectivity index (χ1n) is 8.36. The lowest BCUT2D eigenvalue weighted by Gasteiger charge is -2.37. The molecule has 1 aliphatic heterocycles. The number of nitrogens with zero attached hydrogens (tertiary/aromatic N) is 4. The highest BCUT2D eigenvalue weighted by atomic mass is 16.5. The molecule has 1 aromatic heterocycles. The third-order valence-electron chi connectivity index (χ3n) is 4.37. The maximum absolute atomic E-state index is 12.7. The van der Waals surface area contributed by atoms with Crippen LogP contribution < -0.4 is 10.1 Å². The van der Waals surface area contributed by atoms with Crippen LogP contribution in [0.3, 0.4) is 0 Å². The maximum atomic E-state index is 12.7. The molecule has 0 amide bonds. The van der Waals surface area contributed by atoms with Gasteiger partial charge in [0.05, 0.1) is 12.5 Å². The van der Waals surface area contributed by atoms with Gasteiger partial charge in [-0.05, 0) is 37.4 Å². The van der Waals surface area contributed by atoms with Gasteiger partial charge >= 0.3 is 0 Å². The number of carbonyl (C=O) groups excluding carboxylic acids is 1. The third kappa shape index (κ3) is 3.85. The van der Waals surface area contributed by atoms with Crippen LogP contribution in [0.15, 0.2) is 36.9 Å². The van der Waals surface area contributed by atoms with Gasteiger partial charge in [0.15, 0.2) is 11.4 Å². The minimum Gasteiger partial charge on any atom is -0.479 e. The van der Waals surface area contributed by atoms with Gasteiger partial charge in [-0.15, -0.1) is 0 Å². The average molecular weight is 353 g/mol. The van der Waals surface area contributed by atoms with Crippen molar-refractivity contribution in [2.45, 2.75) is 31.0 Å². The lowest BCUT2D eigenvalue weighted by Crippen LogP contribution is -2.55. The van der Waals surface area contributed by atoms with Crippen molar-refractivity contribution in [2.75, 3.05) is 13.1 Å². The topological polar surface area (TPSA) is 121 Å². The Hall–Kier alpha value is -2.89. The smallest absolute Gasteiger partial charge is 0.205 e. The normalized spacial score (nSPS) is 17.1. The molecule has 1 saturated heterocycles. The van der Waals surface area contributed by atoms with E-state index in [2.05, 4.69) is 20.3 Å². The molecule has 0 radical (unpaired) electrons. The van der Waals surface area contributed by atoms with Gasteiger partial charge in [0.25, 0.3) is 0 Å². The molecule has 1 aromatic carbocycles. The van der Waals surface area contributed by atoms with Crippen molar-refractivity contribution >= 4 is 5.78 Å². The monoisotopic (exact) mass is 353 g/mol. The molecular weight excluding hydrogens is 334 g/mol. The Labute approximate surface area is 150 Å². The zero-order chi connectivity index (χ0) is 18.4. The number of benzene rings is 1. The van der Waals surface area contributed by atoms with Crippen LogP contribution in [0.5, 0.6) is 5.75 Å². The molecule has 2 aromatic rings. The number of ketones is 1. The summed E-state index contributed by atoms with van der Waals surface area (Å²) in [5.41, 5.74) is -0.328. The first-order chi connectivity index (χ1) is 12.6. The van der Waals surface area contributed by atoms with E-state index in [1.54, 1.807) is 24.3 Å². The van der Waals surface area contributed by atoms with Gasteiger partial charge in [-0.3, -0.25) is 4.79 Å². The molecule has 1 fully saturated rings. The van der Waals surface area contributed by atoms with E-state index in [0.29, 0.717) is 37.5 Å². The Kier molecular flexibility index (Phi) is 5.51. The van der Waals surface area contributed by atoms with E-state index in [1.807, 2.05) is 6.07 Å². The van der Waals surface area contributed by atoms with E-state index >= 15 is 0 Å². The fraction of sp³-hybridized carbons (Fsp3) is 0.389. The number of hydrogen-bond acceptors (Lipinski definition) is 8. The van der Waals surface area contributed by atoms with Gasteiger partial charge < -0.3 is 15.2 Å². The number of rotatable bonds is 6. The molecule has 8 nitrogen and oxygen atoms in total. The van der Waals surface area contributed by atoms with Crippen molar-refractivity contribution < 1.29 is 14.6 Å². The average Bonchev–Trinajstić information content (AvgIpc) is 2.69. The summed E-state index contributed by atoms with van der Waals surface area (Å²) in [5.74, 6) is 0.618. The Bertz CT molecular complexity index is 783. The number of piperidine rings is 1. The van der Waals surface area contributed by atoms with Crippen molar-refractivity contribution in [1.29, 1.82) is 5.26 Å². The third-order valence-corrected chi connectivity index (χ3v) is 4.37. The number of hydrogen-bond donors (Lipinski definition) is 2. The second kappa shape index (κ2) is 7.99. The van der Waals surface area contributed by atoms with E-state index in [0.717, 1.165) is 5.56 Å². The van der Waals surface area contributed by atoms with Gasteiger partial charge in [-0.1, -0.05) is 0 Å². The van der Waals surface area contributed by atoms with E-state index < -0.39 is 17.5 Å². The molecule has 26 heavy (non-hydrogen) atoms. The van der Waals surface area contributed by atoms with Crippen molar-refractivity contribution in [3.05, 3.63) is 36.9 Å². The van der Waals surface area contributed by atoms with Crippen LogP contribution >= 0.6 is 0 Å². The van der Waals surface area contributed by atoms with E-state index in [1.165, 1.54) is 12.7 Å². The summed E-state index contributed by atoms with van der Waals surface area (Å²) in [6.07, 6.45) is 2.13. The van der Waals surface area contributed by atoms with Crippen molar-refractivity contribution in [1.82, 2.24) is 20.3 Å². The summed E-state index contributed by atoms with van der Waals surface area (Å²) in [4.78, 5) is 24.7. The summed E-state index contributed by atoms with van der Waals surface area (Å²) in [6, 6.07) is 8.92. The molecule has 8 heteroatoms. The number of nitrogens with one attached hydrogen (secondary N) is 1. The molecule has 0 spiro atoms. The molecule has 1 aliphatic rings. The van der Waals surface area contributed by atoms with Gasteiger partial charge in [-0.25, -0.2) is 15.0 Å². The second-order valence-corrected chi connectivity index (χ2v) is 6.07. The molecule has 0 saturated carbocycles. The van der Waals surface area contributed by atoms with Gasteiger partial charge in [-0.2, -0.15) is 5.26 Å². The standard InChI is InChI=1S/C18H19N5O3/c19-8-5-15(24)16(25)18(6-9-20-10-7-18)26-14-3-1-13(2-4-14)17-22-11-21-12-23-17/h1-4,11-12,15,20,24H,5-7,9-10H2/t15-/m0/s1. The Morgan fingerprint density at radius 2 is 1.92 bits per heavy atom. The van der Waals surface area contributed by atoms with E-state index in [9.17, 15) is 9.90 Å². The largest absolute Gasteiger partial charge is 0.479 e. The number of ether oxygens (including phenoxy) is 1. The minimum atomic E-state index is -1.34. The van der Waals surface area contributed by atoms with Crippen molar-refractivity contribution in [3.8, 4) is 23.2 Å². The number of aliphatic hydroxyl groups is 1. The molecule has 0 bridgehead atoms. The summed E-state index contributed by atoms with van der Waals surface area (Å²) in [6.45, 7) is 1.21. The number of aromatic nitrogens is 3. The SMILES string of the molecule is N#CC[C@H](O)C(=O)C1(Oc2ccc(-c3ncncn3)cc2)CCNCC1. The van der Waals surface area contributed by atoms with Crippen LogP contribution in [0.2, 0.25) is 0 Å². The lowest BCUT2D eigenvalue weighted by molar-refractivity contribution is -0.145. The van der Waals surface area contributed by atoms with Crippen LogP contribution in [0.1, 0.15) is 19.3 Å². The molecule has 3 rings (SSSR count). The highest BCUT2D eigenvalue weighted by Gasteiger charge is 2.44. The molecule has 0 unspecified atom stereocenters. The predicted octanol–water partition coefficient (Wildman–Crippen LogP) is 0.883. The quantitative estimate of drug-likeness (QED) is 0.785.